The third kappa shape index (κ3) is 4.38. The quantitative estimate of drug-likeness (QED) is 0.665. The molecule has 0 aromatic heterocycles. The summed E-state index contributed by atoms with van der Waals surface area (Å²) in [5.74, 6) is -0.278. The van der Waals surface area contributed by atoms with Gasteiger partial charge >= 0.3 is 5.97 Å². The predicted molar refractivity (Wildman–Crippen MR) is 73.4 cm³/mol. The third-order valence-corrected chi connectivity index (χ3v) is 2.86. The highest BCUT2D eigenvalue weighted by atomic mass is 127. The number of nitrogens with one attached hydrogen (secondary N) is 1. The van der Waals surface area contributed by atoms with Crippen molar-refractivity contribution in [3.05, 3.63) is 27.8 Å². The maximum Gasteiger partial charge on any atom is 0.310 e. The van der Waals surface area contributed by atoms with E-state index in [9.17, 15) is 4.79 Å². The van der Waals surface area contributed by atoms with Crippen LogP contribution >= 0.6 is 22.6 Å². The van der Waals surface area contributed by atoms with Gasteiger partial charge in [-0.25, -0.2) is 0 Å². The zero-order valence-corrected chi connectivity index (χ0v) is 11.7. The summed E-state index contributed by atoms with van der Waals surface area (Å²) in [6.07, 6.45) is 0. The first-order valence-electron chi connectivity index (χ1n) is 5.29. The molecule has 0 aliphatic rings. The van der Waals surface area contributed by atoms with E-state index >= 15 is 0 Å². The molecule has 0 radical (unpaired) electrons. The molecule has 1 unspecified atom stereocenters. The summed E-state index contributed by atoms with van der Waals surface area (Å²) in [5.41, 5.74) is 1.02. The number of hydrogen-bond donors (Lipinski definition) is 1. The van der Waals surface area contributed by atoms with Crippen molar-refractivity contribution in [1.82, 2.24) is 0 Å². The molecule has 0 heterocycles. The molecule has 0 spiro atoms. The van der Waals surface area contributed by atoms with Gasteiger partial charge in [-0.05, 0) is 53.8 Å². The second kappa shape index (κ2) is 6.73. The van der Waals surface area contributed by atoms with Crippen molar-refractivity contribution >= 4 is 34.2 Å². The zero-order valence-electron chi connectivity index (χ0n) is 9.50. The largest absolute Gasteiger partial charge is 0.466 e. The van der Waals surface area contributed by atoms with Crippen LogP contribution < -0.4 is 5.32 Å². The molecule has 1 aromatic rings. The van der Waals surface area contributed by atoms with Gasteiger partial charge in [0.2, 0.25) is 0 Å². The van der Waals surface area contributed by atoms with Gasteiger partial charge in [0.15, 0.2) is 0 Å². The summed E-state index contributed by atoms with van der Waals surface area (Å²) in [4.78, 5) is 11.4. The first-order valence-corrected chi connectivity index (χ1v) is 6.37. The molecule has 1 aromatic carbocycles. The Kier molecular flexibility index (Phi) is 5.59. The van der Waals surface area contributed by atoms with E-state index in [-0.39, 0.29) is 11.9 Å². The lowest BCUT2D eigenvalue weighted by Gasteiger charge is -2.12. The summed E-state index contributed by atoms with van der Waals surface area (Å²) in [6.45, 7) is 4.71. The van der Waals surface area contributed by atoms with Crippen LogP contribution in [-0.2, 0) is 9.53 Å². The topological polar surface area (TPSA) is 38.3 Å². The number of benzene rings is 1. The lowest BCUT2D eigenvalue weighted by molar-refractivity contribution is -0.146. The minimum atomic E-state index is -0.152. The van der Waals surface area contributed by atoms with E-state index < -0.39 is 0 Å². The molecule has 88 valence electrons. The number of hydrogen-bond acceptors (Lipinski definition) is 3. The summed E-state index contributed by atoms with van der Waals surface area (Å²) < 4.78 is 6.13. The minimum Gasteiger partial charge on any atom is -0.466 e. The van der Waals surface area contributed by atoms with Crippen LogP contribution in [0.1, 0.15) is 13.8 Å². The fourth-order valence-corrected chi connectivity index (χ4v) is 1.57. The summed E-state index contributed by atoms with van der Waals surface area (Å²) >= 11 is 2.26. The molecular formula is C12H16INO2. The molecular weight excluding hydrogens is 317 g/mol. The Morgan fingerprint density at radius 2 is 2.06 bits per heavy atom. The van der Waals surface area contributed by atoms with E-state index in [1.165, 1.54) is 3.57 Å². The van der Waals surface area contributed by atoms with Gasteiger partial charge in [-0.1, -0.05) is 6.92 Å². The zero-order chi connectivity index (χ0) is 12.0. The fraction of sp³-hybridized carbons (Fsp3) is 0.417. The fourth-order valence-electron chi connectivity index (χ4n) is 1.21. The Morgan fingerprint density at radius 3 is 2.62 bits per heavy atom. The van der Waals surface area contributed by atoms with Crippen LogP contribution in [0.3, 0.4) is 0 Å². The normalized spacial score (nSPS) is 11.9. The molecule has 0 saturated carbocycles. The number of carbonyl (C=O) groups excluding carboxylic acids is 1. The van der Waals surface area contributed by atoms with E-state index in [0.29, 0.717) is 13.2 Å². The second-order valence-electron chi connectivity index (χ2n) is 3.54. The molecule has 4 heteroatoms. The van der Waals surface area contributed by atoms with E-state index in [4.69, 9.17) is 4.74 Å². The number of esters is 1. The first-order chi connectivity index (χ1) is 7.63. The molecule has 1 rings (SSSR count). The van der Waals surface area contributed by atoms with Gasteiger partial charge in [0.25, 0.3) is 0 Å². The van der Waals surface area contributed by atoms with Crippen LogP contribution in [-0.4, -0.2) is 19.1 Å². The van der Waals surface area contributed by atoms with E-state index in [0.717, 1.165) is 5.69 Å². The van der Waals surface area contributed by atoms with Crippen molar-refractivity contribution in [3.8, 4) is 0 Å². The highest BCUT2D eigenvalue weighted by molar-refractivity contribution is 14.1. The Morgan fingerprint density at radius 1 is 1.44 bits per heavy atom. The van der Waals surface area contributed by atoms with Gasteiger partial charge in [-0.3, -0.25) is 4.79 Å². The SMILES string of the molecule is CCOC(=O)C(C)CNc1ccc(I)cc1. The standard InChI is InChI=1S/C12H16INO2/c1-3-16-12(15)9(2)8-14-11-6-4-10(13)5-7-11/h4-7,9,14H,3,8H2,1-2H3. The summed E-state index contributed by atoms with van der Waals surface area (Å²) in [6, 6.07) is 8.05. The molecule has 0 fully saturated rings. The Balaban J connectivity index is 2.39. The molecule has 3 nitrogen and oxygen atoms in total. The average Bonchev–Trinajstić information content (AvgIpc) is 2.28. The van der Waals surface area contributed by atoms with Crippen molar-refractivity contribution in [1.29, 1.82) is 0 Å². The van der Waals surface area contributed by atoms with Crippen molar-refractivity contribution < 1.29 is 9.53 Å². The van der Waals surface area contributed by atoms with Gasteiger partial charge < -0.3 is 10.1 Å². The van der Waals surface area contributed by atoms with Gasteiger partial charge in [0.1, 0.15) is 0 Å². The average molecular weight is 333 g/mol. The number of carbonyl (C=O) groups is 1. The Bertz CT molecular complexity index is 337. The highest BCUT2D eigenvalue weighted by Crippen LogP contribution is 2.11. The van der Waals surface area contributed by atoms with Crippen LogP contribution in [0.4, 0.5) is 5.69 Å². The van der Waals surface area contributed by atoms with Crippen molar-refractivity contribution in [3.63, 3.8) is 0 Å². The lowest BCUT2D eigenvalue weighted by Crippen LogP contribution is -2.22. The van der Waals surface area contributed by atoms with Crippen LogP contribution in [0.2, 0.25) is 0 Å². The highest BCUT2D eigenvalue weighted by Gasteiger charge is 2.12. The van der Waals surface area contributed by atoms with E-state index in [1.54, 1.807) is 0 Å². The summed E-state index contributed by atoms with van der Waals surface area (Å²) in [5, 5.41) is 3.21. The second-order valence-corrected chi connectivity index (χ2v) is 4.79. The number of halogens is 1. The maximum absolute atomic E-state index is 11.4. The minimum absolute atomic E-state index is 0.126. The van der Waals surface area contributed by atoms with Crippen LogP contribution in [0.5, 0.6) is 0 Å². The van der Waals surface area contributed by atoms with Crippen LogP contribution in [0.15, 0.2) is 24.3 Å². The number of ether oxygens (including phenoxy) is 1. The van der Waals surface area contributed by atoms with Gasteiger partial charge in [-0.15, -0.1) is 0 Å². The monoisotopic (exact) mass is 333 g/mol. The summed E-state index contributed by atoms with van der Waals surface area (Å²) in [7, 11) is 0. The smallest absolute Gasteiger partial charge is 0.310 e. The van der Waals surface area contributed by atoms with Gasteiger partial charge in [0, 0.05) is 15.8 Å². The predicted octanol–water partition coefficient (Wildman–Crippen LogP) is 2.90. The van der Waals surface area contributed by atoms with Crippen molar-refractivity contribution in [2.45, 2.75) is 13.8 Å². The molecule has 1 atom stereocenters. The van der Waals surface area contributed by atoms with Gasteiger partial charge in [-0.2, -0.15) is 0 Å². The van der Waals surface area contributed by atoms with Gasteiger partial charge in [0.05, 0.1) is 12.5 Å². The number of rotatable bonds is 5. The first kappa shape index (κ1) is 13.3. The number of anilines is 1. The molecule has 0 saturated heterocycles. The van der Waals surface area contributed by atoms with E-state index in [1.807, 2.05) is 38.1 Å². The molecule has 0 amide bonds. The maximum atomic E-state index is 11.4. The Hall–Kier alpha value is -0.780. The molecule has 0 aliphatic carbocycles. The van der Waals surface area contributed by atoms with Crippen molar-refractivity contribution in [2.24, 2.45) is 5.92 Å². The Labute approximate surface area is 110 Å². The van der Waals surface area contributed by atoms with E-state index in [2.05, 4.69) is 27.9 Å². The molecule has 0 bridgehead atoms. The molecule has 0 aliphatic heterocycles. The molecule has 1 N–H and O–H groups in total. The van der Waals surface area contributed by atoms with Crippen LogP contribution in [0.25, 0.3) is 0 Å². The molecule has 16 heavy (non-hydrogen) atoms. The lowest BCUT2D eigenvalue weighted by atomic mass is 10.2. The van der Waals surface area contributed by atoms with Crippen LogP contribution in [0, 0.1) is 9.49 Å². The third-order valence-electron chi connectivity index (χ3n) is 2.15. The van der Waals surface area contributed by atoms with Crippen molar-refractivity contribution in [2.75, 3.05) is 18.5 Å².